The van der Waals surface area contributed by atoms with Crippen LogP contribution in [0.1, 0.15) is 24.1 Å². The molecule has 2 aromatic rings. The van der Waals surface area contributed by atoms with E-state index in [1.165, 1.54) is 12.1 Å². The van der Waals surface area contributed by atoms with Crippen LogP contribution in [0, 0.1) is 5.82 Å². The van der Waals surface area contributed by atoms with Gasteiger partial charge < -0.3 is 10.1 Å². The van der Waals surface area contributed by atoms with E-state index >= 15 is 0 Å². The van der Waals surface area contributed by atoms with Crippen molar-refractivity contribution in [2.45, 2.75) is 13.0 Å². The summed E-state index contributed by atoms with van der Waals surface area (Å²) >= 11 is 3.55. The molecular weight excluding hydrogens is 321 g/mol. The number of rotatable bonds is 5. The van der Waals surface area contributed by atoms with Crippen molar-refractivity contribution in [3.63, 3.8) is 0 Å². The number of nitrogens with one attached hydrogen (secondary N) is 1. The van der Waals surface area contributed by atoms with E-state index in [1.54, 1.807) is 13.2 Å². The first-order chi connectivity index (χ1) is 9.67. The lowest BCUT2D eigenvalue weighted by Gasteiger charge is -2.22. The number of halogens is 2. The normalized spacial score (nSPS) is 12.2. The van der Waals surface area contributed by atoms with Gasteiger partial charge in [-0.3, -0.25) is 0 Å². The highest BCUT2D eigenvalue weighted by molar-refractivity contribution is 9.10. The lowest BCUT2D eigenvalue weighted by molar-refractivity contribution is 0.402. The van der Waals surface area contributed by atoms with Crippen molar-refractivity contribution < 1.29 is 9.13 Å². The number of methoxy groups -OCH3 is 1. The summed E-state index contributed by atoms with van der Waals surface area (Å²) in [5, 5.41) is 3.38. The molecule has 0 radical (unpaired) electrons. The van der Waals surface area contributed by atoms with Gasteiger partial charge in [-0.1, -0.05) is 41.1 Å². The minimum atomic E-state index is -0.268. The molecule has 0 saturated heterocycles. The first-order valence-electron chi connectivity index (χ1n) is 6.48. The molecule has 106 valence electrons. The summed E-state index contributed by atoms with van der Waals surface area (Å²) in [5.74, 6) is 0.406. The number of hydrogen-bond acceptors (Lipinski definition) is 2. The standard InChI is InChI=1S/C16H17BrFNO/c1-3-19-16(12-6-4-5-7-14(12)17)13-10-11(18)8-9-15(13)20-2/h4-10,16,19H,3H2,1-2H3. The van der Waals surface area contributed by atoms with Crippen LogP contribution in [0.3, 0.4) is 0 Å². The molecule has 1 unspecified atom stereocenters. The Balaban J connectivity index is 2.54. The second-order valence-corrected chi connectivity index (χ2v) is 5.25. The van der Waals surface area contributed by atoms with Crippen LogP contribution >= 0.6 is 15.9 Å². The zero-order valence-corrected chi connectivity index (χ0v) is 13.1. The second kappa shape index (κ2) is 6.86. The molecule has 2 rings (SSSR count). The van der Waals surface area contributed by atoms with E-state index in [9.17, 15) is 4.39 Å². The molecule has 2 nitrogen and oxygen atoms in total. The smallest absolute Gasteiger partial charge is 0.124 e. The summed E-state index contributed by atoms with van der Waals surface area (Å²) in [6.07, 6.45) is 0. The zero-order valence-electron chi connectivity index (χ0n) is 11.5. The summed E-state index contributed by atoms with van der Waals surface area (Å²) in [6.45, 7) is 2.79. The largest absolute Gasteiger partial charge is 0.496 e. The Morgan fingerprint density at radius 3 is 2.60 bits per heavy atom. The summed E-state index contributed by atoms with van der Waals surface area (Å²) in [7, 11) is 1.60. The van der Waals surface area contributed by atoms with Gasteiger partial charge in [0.25, 0.3) is 0 Å². The van der Waals surface area contributed by atoms with Gasteiger partial charge in [0.15, 0.2) is 0 Å². The van der Waals surface area contributed by atoms with Gasteiger partial charge in [0.1, 0.15) is 11.6 Å². The minimum absolute atomic E-state index is 0.124. The quantitative estimate of drug-likeness (QED) is 0.878. The van der Waals surface area contributed by atoms with Crippen LogP contribution in [0.5, 0.6) is 5.75 Å². The third kappa shape index (κ3) is 3.19. The molecule has 0 amide bonds. The Kier molecular flexibility index (Phi) is 5.15. The Morgan fingerprint density at radius 1 is 1.20 bits per heavy atom. The van der Waals surface area contributed by atoms with Crippen LogP contribution in [0.25, 0.3) is 0 Å². The predicted molar refractivity (Wildman–Crippen MR) is 82.6 cm³/mol. The second-order valence-electron chi connectivity index (χ2n) is 4.40. The molecule has 0 aliphatic carbocycles. The van der Waals surface area contributed by atoms with Gasteiger partial charge in [-0.25, -0.2) is 4.39 Å². The van der Waals surface area contributed by atoms with Crippen LogP contribution in [0.2, 0.25) is 0 Å². The Morgan fingerprint density at radius 2 is 1.95 bits per heavy atom. The van der Waals surface area contributed by atoms with Gasteiger partial charge in [0.05, 0.1) is 13.2 Å². The zero-order chi connectivity index (χ0) is 14.5. The Bertz CT molecular complexity index is 588. The molecule has 0 bridgehead atoms. The first-order valence-corrected chi connectivity index (χ1v) is 7.28. The van der Waals surface area contributed by atoms with Crippen molar-refractivity contribution in [1.29, 1.82) is 0 Å². The maximum Gasteiger partial charge on any atom is 0.124 e. The molecule has 2 aromatic carbocycles. The SMILES string of the molecule is CCNC(c1ccccc1Br)c1cc(F)ccc1OC. The maximum absolute atomic E-state index is 13.6. The van der Waals surface area contributed by atoms with Gasteiger partial charge in [-0.15, -0.1) is 0 Å². The molecule has 0 aliphatic heterocycles. The van der Waals surface area contributed by atoms with Crippen molar-refractivity contribution in [3.8, 4) is 5.75 Å². The number of benzene rings is 2. The summed E-state index contributed by atoms with van der Waals surface area (Å²) in [4.78, 5) is 0. The highest BCUT2D eigenvalue weighted by Crippen LogP contribution is 2.34. The molecular formula is C16H17BrFNO. The fourth-order valence-electron chi connectivity index (χ4n) is 2.23. The highest BCUT2D eigenvalue weighted by Gasteiger charge is 2.20. The van der Waals surface area contributed by atoms with Gasteiger partial charge >= 0.3 is 0 Å². The predicted octanol–water partition coefficient (Wildman–Crippen LogP) is 4.30. The van der Waals surface area contributed by atoms with E-state index in [1.807, 2.05) is 31.2 Å². The molecule has 0 spiro atoms. The molecule has 0 fully saturated rings. The van der Waals surface area contributed by atoms with Gasteiger partial charge in [0, 0.05) is 10.0 Å². The van der Waals surface area contributed by atoms with Crippen molar-refractivity contribution >= 4 is 15.9 Å². The highest BCUT2D eigenvalue weighted by atomic mass is 79.9. The van der Waals surface area contributed by atoms with Crippen LogP contribution < -0.4 is 10.1 Å². The monoisotopic (exact) mass is 337 g/mol. The van der Waals surface area contributed by atoms with E-state index in [0.29, 0.717) is 5.75 Å². The first kappa shape index (κ1) is 15.0. The van der Waals surface area contributed by atoms with E-state index in [2.05, 4.69) is 21.2 Å². The fraction of sp³-hybridized carbons (Fsp3) is 0.250. The van der Waals surface area contributed by atoms with Crippen LogP contribution in [-0.4, -0.2) is 13.7 Å². The van der Waals surface area contributed by atoms with Crippen molar-refractivity contribution in [2.75, 3.05) is 13.7 Å². The van der Waals surface area contributed by atoms with Crippen molar-refractivity contribution in [2.24, 2.45) is 0 Å². The Hall–Kier alpha value is -1.39. The third-order valence-electron chi connectivity index (χ3n) is 3.13. The lowest BCUT2D eigenvalue weighted by atomic mass is 9.97. The van der Waals surface area contributed by atoms with Crippen LogP contribution in [0.4, 0.5) is 4.39 Å². The van der Waals surface area contributed by atoms with Gasteiger partial charge in [-0.2, -0.15) is 0 Å². The van der Waals surface area contributed by atoms with Crippen LogP contribution in [0.15, 0.2) is 46.9 Å². The molecule has 1 N–H and O–H groups in total. The molecule has 4 heteroatoms. The van der Waals surface area contributed by atoms with E-state index in [0.717, 1.165) is 22.1 Å². The molecule has 0 aromatic heterocycles. The van der Waals surface area contributed by atoms with E-state index in [-0.39, 0.29) is 11.9 Å². The van der Waals surface area contributed by atoms with Gasteiger partial charge in [0.2, 0.25) is 0 Å². The lowest BCUT2D eigenvalue weighted by Crippen LogP contribution is -2.23. The molecule has 1 atom stereocenters. The molecule has 0 saturated carbocycles. The summed E-state index contributed by atoms with van der Waals surface area (Å²) in [6, 6.07) is 12.4. The van der Waals surface area contributed by atoms with Crippen molar-refractivity contribution in [1.82, 2.24) is 5.32 Å². The van der Waals surface area contributed by atoms with E-state index < -0.39 is 0 Å². The Labute approximate surface area is 127 Å². The fourth-order valence-corrected chi connectivity index (χ4v) is 2.75. The number of hydrogen-bond donors (Lipinski definition) is 1. The third-order valence-corrected chi connectivity index (χ3v) is 3.85. The van der Waals surface area contributed by atoms with Crippen molar-refractivity contribution in [3.05, 3.63) is 63.9 Å². The average molecular weight is 338 g/mol. The van der Waals surface area contributed by atoms with Crippen LogP contribution in [-0.2, 0) is 0 Å². The summed E-state index contributed by atoms with van der Waals surface area (Å²) < 4.78 is 20.0. The maximum atomic E-state index is 13.6. The molecule has 20 heavy (non-hydrogen) atoms. The van der Waals surface area contributed by atoms with E-state index in [4.69, 9.17) is 4.74 Å². The molecule has 0 heterocycles. The summed E-state index contributed by atoms with van der Waals surface area (Å²) in [5.41, 5.74) is 1.85. The average Bonchev–Trinajstić information content (AvgIpc) is 2.46. The topological polar surface area (TPSA) is 21.3 Å². The minimum Gasteiger partial charge on any atom is -0.496 e. The van der Waals surface area contributed by atoms with Gasteiger partial charge in [-0.05, 0) is 36.4 Å². The molecule has 0 aliphatic rings. The number of ether oxygens (including phenoxy) is 1.